The number of hydrogen-bond acceptors (Lipinski definition) is 3. The van der Waals surface area contributed by atoms with Gasteiger partial charge in [0, 0.05) is 32.5 Å². The summed E-state index contributed by atoms with van der Waals surface area (Å²) in [6.07, 6.45) is 5.39. The maximum atomic E-state index is 5.01. The van der Waals surface area contributed by atoms with Gasteiger partial charge in [0.15, 0.2) is 0 Å². The van der Waals surface area contributed by atoms with Gasteiger partial charge in [0.25, 0.3) is 0 Å². The molecule has 0 aromatic carbocycles. The van der Waals surface area contributed by atoms with E-state index in [1.165, 1.54) is 0 Å². The fraction of sp³-hybridized carbons (Fsp3) is 0.625. The quantitative estimate of drug-likeness (QED) is 0.595. The van der Waals surface area contributed by atoms with Crippen LogP contribution in [0.1, 0.15) is 0 Å². The van der Waals surface area contributed by atoms with Gasteiger partial charge in [0.05, 0.1) is 19.5 Å². The molecular formula is C8H15N3O. The molecule has 1 N–H and O–H groups in total. The number of nitrogens with one attached hydrogen (secondary N) is 1. The van der Waals surface area contributed by atoms with Crippen molar-refractivity contribution in [2.45, 2.75) is 0 Å². The van der Waals surface area contributed by atoms with Crippen LogP contribution in [0.15, 0.2) is 18.7 Å². The Morgan fingerprint density at radius 3 is 2.33 bits per heavy atom. The van der Waals surface area contributed by atoms with E-state index in [1.807, 2.05) is 17.8 Å². The van der Waals surface area contributed by atoms with Crippen LogP contribution in [0.5, 0.6) is 0 Å². The summed E-state index contributed by atoms with van der Waals surface area (Å²) >= 11 is 0. The van der Waals surface area contributed by atoms with Crippen molar-refractivity contribution in [3.63, 3.8) is 0 Å². The van der Waals surface area contributed by atoms with Crippen LogP contribution in [0, 0.1) is 0 Å². The standard InChI is InChI=1S/C4H6N2.C4H9NO/c1-6-3-2-5-4-6;1-3-6-4-2-5-1/h2-4H,1H3;5H,1-4H2. The molecule has 2 rings (SSSR count). The van der Waals surface area contributed by atoms with E-state index in [4.69, 9.17) is 4.74 Å². The Morgan fingerprint density at radius 2 is 2.17 bits per heavy atom. The molecular weight excluding hydrogens is 154 g/mol. The number of morpholine rings is 1. The molecule has 2 heterocycles. The molecule has 1 aromatic rings. The fourth-order valence-electron chi connectivity index (χ4n) is 0.842. The average molecular weight is 169 g/mol. The Hall–Kier alpha value is -0.870. The molecule has 1 aromatic heterocycles. The van der Waals surface area contributed by atoms with Gasteiger partial charge in [0.1, 0.15) is 0 Å². The van der Waals surface area contributed by atoms with Gasteiger partial charge in [-0.05, 0) is 0 Å². The first kappa shape index (κ1) is 9.22. The number of aromatic nitrogens is 2. The molecule has 1 aliphatic heterocycles. The fourth-order valence-corrected chi connectivity index (χ4v) is 0.842. The monoisotopic (exact) mass is 169 g/mol. The molecule has 1 saturated heterocycles. The zero-order valence-electron chi connectivity index (χ0n) is 7.36. The first-order valence-corrected chi connectivity index (χ1v) is 4.10. The lowest BCUT2D eigenvalue weighted by Crippen LogP contribution is -2.30. The van der Waals surface area contributed by atoms with E-state index >= 15 is 0 Å². The van der Waals surface area contributed by atoms with Gasteiger partial charge in [-0.25, -0.2) is 4.98 Å². The van der Waals surface area contributed by atoms with E-state index in [2.05, 4.69) is 10.3 Å². The van der Waals surface area contributed by atoms with Crippen molar-refractivity contribution in [1.82, 2.24) is 14.9 Å². The van der Waals surface area contributed by atoms with Gasteiger partial charge in [-0.15, -0.1) is 0 Å². The largest absolute Gasteiger partial charge is 0.379 e. The van der Waals surface area contributed by atoms with Crippen molar-refractivity contribution in [2.24, 2.45) is 7.05 Å². The third-order valence-electron chi connectivity index (χ3n) is 1.48. The molecule has 68 valence electrons. The number of aryl methyl sites for hydroxylation is 1. The minimum absolute atomic E-state index is 0.889. The van der Waals surface area contributed by atoms with E-state index in [9.17, 15) is 0 Å². The lowest BCUT2D eigenvalue weighted by molar-refractivity contribution is 0.109. The van der Waals surface area contributed by atoms with Crippen LogP contribution < -0.4 is 5.32 Å². The van der Waals surface area contributed by atoms with Gasteiger partial charge < -0.3 is 14.6 Å². The third-order valence-corrected chi connectivity index (χ3v) is 1.48. The Kier molecular flexibility index (Phi) is 4.41. The highest BCUT2D eigenvalue weighted by molar-refractivity contribution is 4.70. The van der Waals surface area contributed by atoms with E-state index < -0.39 is 0 Å². The van der Waals surface area contributed by atoms with Crippen molar-refractivity contribution < 1.29 is 4.74 Å². The summed E-state index contributed by atoms with van der Waals surface area (Å²) in [6.45, 7) is 3.83. The number of hydrogen-bond donors (Lipinski definition) is 1. The minimum atomic E-state index is 0.889. The van der Waals surface area contributed by atoms with E-state index in [1.54, 1.807) is 12.5 Å². The molecule has 1 aliphatic rings. The molecule has 0 amide bonds. The highest BCUT2D eigenvalue weighted by Gasteiger charge is 1.92. The van der Waals surface area contributed by atoms with Crippen LogP contribution in [0.3, 0.4) is 0 Å². The Labute approximate surface area is 72.6 Å². The predicted octanol–water partition coefficient (Wildman–Crippen LogP) is 0.0263. The molecule has 0 spiro atoms. The van der Waals surface area contributed by atoms with Gasteiger partial charge in [-0.3, -0.25) is 0 Å². The van der Waals surface area contributed by atoms with Gasteiger partial charge >= 0.3 is 0 Å². The van der Waals surface area contributed by atoms with Crippen molar-refractivity contribution in [1.29, 1.82) is 0 Å². The highest BCUT2D eigenvalue weighted by Crippen LogP contribution is 1.76. The molecule has 1 fully saturated rings. The Bertz CT molecular complexity index is 171. The highest BCUT2D eigenvalue weighted by atomic mass is 16.5. The first-order chi connectivity index (χ1) is 5.89. The maximum Gasteiger partial charge on any atom is 0.0943 e. The number of nitrogens with zero attached hydrogens (tertiary/aromatic N) is 2. The van der Waals surface area contributed by atoms with Crippen LogP contribution in [-0.4, -0.2) is 35.9 Å². The second kappa shape index (κ2) is 5.74. The summed E-state index contributed by atoms with van der Waals surface area (Å²) in [5.41, 5.74) is 0. The third kappa shape index (κ3) is 4.10. The first-order valence-electron chi connectivity index (χ1n) is 4.10. The summed E-state index contributed by atoms with van der Waals surface area (Å²) in [7, 11) is 1.94. The van der Waals surface area contributed by atoms with E-state index in [0.29, 0.717) is 0 Å². The Balaban J connectivity index is 0.000000120. The smallest absolute Gasteiger partial charge is 0.0943 e. The SMILES string of the molecule is C1COCCN1.Cn1ccnc1. The number of rotatable bonds is 0. The van der Waals surface area contributed by atoms with E-state index in [-0.39, 0.29) is 0 Å². The zero-order chi connectivity index (χ0) is 8.65. The average Bonchev–Trinajstić information content (AvgIpc) is 2.60. The van der Waals surface area contributed by atoms with Gasteiger partial charge in [-0.1, -0.05) is 0 Å². The molecule has 4 heteroatoms. The molecule has 0 bridgehead atoms. The maximum absolute atomic E-state index is 5.01. The van der Waals surface area contributed by atoms with Crippen LogP contribution in [0.2, 0.25) is 0 Å². The van der Waals surface area contributed by atoms with Crippen LogP contribution in [0.4, 0.5) is 0 Å². The topological polar surface area (TPSA) is 39.1 Å². The van der Waals surface area contributed by atoms with Crippen molar-refractivity contribution in [2.75, 3.05) is 26.3 Å². The molecule has 12 heavy (non-hydrogen) atoms. The summed E-state index contributed by atoms with van der Waals surface area (Å²) in [6, 6.07) is 0. The second-order valence-corrected chi connectivity index (χ2v) is 2.59. The summed E-state index contributed by atoms with van der Waals surface area (Å²) in [4.78, 5) is 3.78. The Morgan fingerprint density at radius 1 is 1.42 bits per heavy atom. The summed E-state index contributed by atoms with van der Waals surface area (Å²) < 4.78 is 6.90. The van der Waals surface area contributed by atoms with Gasteiger partial charge in [0.2, 0.25) is 0 Å². The minimum Gasteiger partial charge on any atom is -0.379 e. The molecule has 0 aliphatic carbocycles. The van der Waals surface area contributed by atoms with Crippen LogP contribution >= 0.6 is 0 Å². The molecule has 0 radical (unpaired) electrons. The van der Waals surface area contributed by atoms with Crippen LogP contribution in [0.25, 0.3) is 0 Å². The van der Waals surface area contributed by atoms with Crippen molar-refractivity contribution in [3.8, 4) is 0 Å². The number of imidazole rings is 1. The van der Waals surface area contributed by atoms with Crippen LogP contribution in [-0.2, 0) is 11.8 Å². The van der Waals surface area contributed by atoms with Gasteiger partial charge in [-0.2, -0.15) is 0 Å². The van der Waals surface area contributed by atoms with Crippen molar-refractivity contribution >= 4 is 0 Å². The van der Waals surface area contributed by atoms with E-state index in [0.717, 1.165) is 26.3 Å². The molecule has 0 atom stereocenters. The summed E-state index contributed by atoms with van der Waals surface area (Å²) in [5, 5.41) is 3.16. The predicted molar refractivity (Wildman–Crippen MR) is 46.9 cm³/mol. The van der Waals surface area contributed by atoms with Crippen molar-refractivity contribution in [3.05, 3.63) is 18.7 Å². The number of ether oxygens (including phenoxy) is 1. The lowest BCUT2D eigenvalue weighted by Gasteiger charge is -2.10. The second-order valence-electron chi connectivity index (χ2n) is 2.59. The zero-order valence-corrected chi connectivity index (χ0v) is 7.36. The lowest BCUT2D eigenvalue weighted by atomic mass is 10.5. The normalized spacial score (nSPS) is 16.4. The molecule has 4 nitrogen and oxygen atoms in total. The molecule has 0 unspecified atom stereocenters. The summed E-state index contributed by atoms with van der Waals surface area (Å²) in [5.74, 6) is 0. The molecule has 0 saturated carbocycles.